The van der Waals surface area contributed by atoms with Gasteiger partial charge >= 0.3 is 12.0 Å². The van der Waals surface area contributed by atoms with Crippen molar-refractivity contribution in [2.24, 2.45) is 5.92 Å². The van der Waals surface area contributed by atoms with Gasteiger partial charge in [0.1, 0.15) is 0 Å². The molecule has 1 heterocycles. The molecule has 2 rings (SSSR count). The van der Waals surface area contributed by atoms with Gasteiger partial charge in [-0.15, -0.1) is 0 Å². The molecule has 0 bridgehead atoms. The number of hydrogen-bond donors (Lipinski definition) is 1. The molecule has 1 saturated heterocycles. The molecule has 1 aromatic carbocycles. The van der Waals surface area contributed by atoms with E-state index in [1.54, 1.807) is 16.8 Å². The first-order valence-corrected chi connectivity index (χ1v) is 5.90. The van der Waals surface area contributed by atoms with Crippen molar-refractivity contribution in [3.63, 3.8) is 0 Å². The summed E-state index contributed by atoms with van der Waals surface area (Å²) >= 11 is 0. The van der Waals surface area contributed by atoms with Crippen molar-refractivity contribution in [2.75, 3.05) is 25.0 Å². The third kappa shape index (κ3) is 2.45. The number of carboxylic acids is 1. The Morgan fingerprint density at radius 2 is 2.00 bits per heavy atom. The van der Waals surface area contributed by atoms with E-state index in [0.717, 1.165) is 5.69 Å². The maximum Gasteiger partial charge on any atom is 0.324 e. The van der Waals surface area contributed by atoms with Crippen LogP contribution in [-0.4, -0.2) is 42.1 Å². The van der Waals surface area contributed by atoms with E-state index in [0.29, 0.717) is 19.5 Å². The number of hydrogen-bond acceptors (Lipinski definition) is 2. The average Bonchev–Trinajstić information content (AvgIpc) is 2.88. The van der Waals surface area contributed by atoms with Gasteiger partial charge in [-0.25, -0.2) is 4.79 Å². The fraction of sp³-hybridized carbons (Fsp3) is 0.385. The van der Waals surface area contributed by atoms with Crippen LogP contribution in [0.1, 0.15) is 6.42 Å². The Morgan fingerprint density at radius 1 is 1.33 bits per heavy atom. The minimum atomic E-state index is -0.826. The summed E-state index contributed by atoms with van der Waals surface area (Å²) in [5, 5.41) is 8.92. The predicted molar refractivity (Wildman–Crippen MR) is 67.6 cm³/mol. The number of benzene rings is 1. The zero-order valence-electron chi connectivity index (χ0n) is 10.2. The summed E-state index contributed by atoms with van der Waals surface area (Å²) < 4.78 is 0. The van der Waals surface area contributed by atoms with Crippen molar-refractivity contribution in [1.29, 1.82) is 0 Å². The number of carbonyl (C=O) groups excluding carboxylic acids is 1. The molecule has 0 radical (unpaired) electrons. The fourth-order valence-electron chi connectivity index (χ4n) is 2.11. The number of rotatable bonds is 2. The Kier molecular flexibility index (Phi) is 3.50. The molecular weight excluding hydrogens is 232 g/mol. The van der Waals surface area contributed by atoms with Crippen molar-refractivity contribution in [3.8, 4) is 0 Å². The number of amides is 2. The second-order valence-corrected chi connectivity index (χ2v) is 4.45. The van der Waals surface area contributed by atoms with Gasteiger partial charge in [-0.3, -0.25) is 9.69 Å². The number of nitrogens with zero attached hydrogens (tertiary/aromatic N) is 2. The van der Waals surface area contributed by atoms with Crippen LogP contribution in [0.25, 0.3) is 0 Å². The van der Waals surface area contributed by atoms with Crippen LogP contribution < -0.4 is 4.90 Å². The molecule has 1 aliphatic heterocycles. The average molecular weight is 248 g/mol. The second kappa shape index (κ2) is 5.08. The Bertz CT molecular complexity index is 447. The summed E-state index contributed by atoms with van der Waals surface area (Å²) in [4.78, 5) is 26.2. The van der Waals surface area contributed by atoms with Crippen molar-refractivity contribution in [2.45, 2.75) is 6.42 Å². The molecule has 1 aromatic rings. The molecular formula is C13H16N2O3. The van der Waals surface area contributed by atoms with Crippen LogP contribution in [0.3, 0.4) is 0 Å². The van der Waals surface area contributed by atoms with E-state index in [-0.39, 0.29) is 6.03 Å². The van der Waals surface area contributed by atoms with Crippen LogP contribution in [-0.2, 0) is 4.79 Å². The molecule has 96 valence electrons. The number of likely N-dealkylation sites (tertiary alicyclic amines) is 1. The number of urea groups is 1. The van der Waals surface area contributed by atoms with Crippen molar-refractivity contribution >= 4 is 17.7 Å². The summed E-state index contributed by atoms with van der Waals surface area (Å²) in [5.41, 5.74) is 0.807. The lowest BCUT2D eigenvalue weighted by molar-refractivity contribution is -0.141. The maximum atomic E-state index is 12.2. The first kappa shape index (κ1) is 12.4. The van der Waals surface area contributed by atoms with E-state index >= 15 is 0 Å². The monoisotopic (exact) mass is 248 g/mol. The Morgan fingerprint density at radius 3 is 2.56 bits per heavy atom. The highest BCUT2D eigenvalue weighted by Gasteiger charge is 2.32. The highest BCUT2D eigenvalue weighted by molar-refractivity contribution is 5.92. The van der Waals surface area contributed by atoms with Crippen molar-refractivity contribution in [3.05, 3.63) is 30.3 Å². The van der Waals surface area contributed by atoms with E-state index in [1.807, 2.05) is 30.3 Å². The second-order valence-electron chi connectivity index (χ2n) is 4.45. The van der Waals surface area contributed by atoms with Crippen molar-refractivity contribution in [1.82, 2.24) is 4.90 Å². The lowest BCUT2D eigenvalue weighted by Gasteiger charge is -2.24. The lowest BCUT2D eigenvalue weighted by Crippen LogP contribution is -2.40. The van der Waals surface area contributed by atoms with E-state index in [9.17, 15) is 9.59 Å². The molecule has 1 aliphatic rings. The van der Waals surface area contributed by atoms with Crippen LogP contribution in [0, 0.1) is 5.92 Å². The van der Waals surface area contributed by atoms with Crippen LogP contribution in [0.15, 0.2) is 30.3 Å². The molecule has 2 amide bonds. The SMILES string of the molecule is CN(C(=O)N1CCC(C(=O)O)C1)c1ccccc1. The largest absolute Gasteiger partial charge is 0.481 e. The number of carbonyl (C=O) groups is 2. The van der Waals surface area contributed by atoms with Gasteiger partial charge in [-0.05, 0) is 18.6 Å². The Hall–Kier alpha value is -2.04. The van der Waals surface area contributed by atoms with E-state index in [1.165, 1.54) is 0 Å². The normalized spacial score (nSPS) is 18.7. The first-order chi connectivity index (χ1) is 8.59. The van der Waals surface area contributed by atoms with Crippen LogP contribution in [0.4, 0.5) is 10.5 Å². The molecule has 1 N–H and O–H groups in total. The van der Waals surface area contributed by atoms with Gasteiger partial charge in [0, 0.05) is 25.8 Å². The zero-order valence-corrected chi connectivity index (χ0v) is 10.2. The number of anilines is 1. The minimum Gasteiger partial charge on any atom is -0.481 e. The van der Waals surface area contributed by atoms with Gasteiger partial charge in [-0.2, -0.15) is 0 Å². The highest BCUT2D eigenvalue weighted by Crippen LogP contribution is 2.20. The van der Waals surface area contributed by atoms with Gasteiger partial charge in [0.05, 0.1) is 5.92 Å². The smallest absolute Gasteiger partial charge is 0.324 e. The minimum absolute atomic E-state index is 0.148. The standard InChI is InChI=1S/C13H16N2O3/c1-14(11-5-3-2-4-6-11)13(18)15-8-7-10(9-15)12(16)17/h2-6,10H,7-9H2,1H3,(H,16,17). The van der Waals surface area contributed by atoms with Gasteiger partial charge < -0.3 is 10.0 Å². The van der Waals surface area contributed by atoms with Crippen LogP contribution in [0.5, 0.6) is 0 Å². The Balaban J connectivity index is 2.02. The molecule has 0 aromatic heterocycles. The molecule has 5 heteroatoms. The topological polar surface area (TPSA) is 60.9 Å². The molecule has 0 spiro atoms. The number of aliphatic carboxylic acids is 1. The summed E-state index contributed by atoms with van der Waals surface area (Å²) in [6, 6.07) is 9.17. The van der Waals surface area contributed by atoms with Gasteiger partial charge in [-0.1, -0.05) is 18.2 Å². The number of carboxylic acid groups (broad SMARTS) is 1. The summed E-state index contributed by atoms with van der Waals surface area (Å²) in [6.45, 7) is 0.804. The molecule has 0 aliphatic carbocycles. The molecule has 1 fully saturated rings. The fourth-order valence-corrected chi connectivity index (χ4v) is 2.11. The molecule has 5 nitrogen and oxygen atoms in total. The van der Waals surface area contributed by atoms with Crippen LogP contribution >= 0.6 is 0 Å². The quantitative estimate of drug-likeness (QED) is 0.865. The third-order valence-electron chi connectivity index (χ3n) is 3.24. The molecule has 18 heavy (non-hydrogen) atoms. The van der Waals surface area contributed by atoms with Gasteiger partial charge in [0.15, 0.2) is 0 Å². The lowest BCUT2D eigenvalue weighted by atomic mass is 10.1. The highest BCUT2D eigenvalue weighted by atomic mass is 16.4. The molecule has 1 unspecified atom stereocenters. The van der Waals surface area contributed by atoms with E-state index in [2.05, 4.69) is 0 Å². The van der Waals surface area contributed by atoms with E-state index < -0.39 is 11.9 Å². The molecule has 1 atom stereocenters. The van der Waals surface area contributed by atoms with Crippen LogP contribution in [0.2, 0.25) is 0 Å². The zero-order chi connectivity index (χ0) is 13.1. The third-order valence-corrected chi connectivity index (χ3v) is 3.24. The summed E-state index contributed by atoms with van der Waals surface area (Å²) in [7, 11) is 1.70. The van der Waals surface area contributed by atoms with E-state index in [4.69, 9.17) is 5.11 Å². The first-order valence-electron chi connectivity index (χ1n) is 5.90. The van der Waals surface area contributed by atoms with Gasteiger partial charge in [0.25, 0.3) is 0 Å². The van der Waals surface area contributed by atoms with Crippen molar-refractivity contribution < 1.29 is 14.7 Å². The number of para-hydroxylation sites is 1. The predicted octanol–water partition coefficient (Wildman–Crippen LogP) is 1.65. The summed E-state index contributed by atoms with van der Waals surface area (Å²) in [5.74, 6) is -1.26. The molecule has 0 saturated carbocycles. The summed E-state index contributed by atoms with van der Waals surface area (Å²) in [6.07, 6.45) is 0.531. The maximum absolute atomic E-state index is 12.2. The van der Waals surface area contributed by atoms with Gasteiger partial charge in [0.2, 0.25) is 0 Å². The Labute approximate surface area is 106 Å².